The second-order valence-electron chi connectivity index (χ2n) is 8.73. The Kier molecular flexibility index (Phi) is 3.73. The predicted molar refractivity (Wildman–Crippen MR) is 97.5 cm³/mol. The summed E-state index contributed by atoms with van der Waals surface area (Å²) in [7, 11) is 0. The first kappa shape index (κ1) is 17.0. The fourth-order valence-corrected chi connectivity index (χ4v) is 5.08. The van der Waals surface area contributed by atoms with E-state index in [1.54, 1.807) is 6.20 Å². The third-order valence-corrected chi connectivity index (χ3v) is 6.55. The fourth-order valence-electron chi connectivity index (χ4n) is 5.08. The van der Waals surface area contributed by atoms with Crippen LogP contribution in [-0.2, 0) is 27.3 Å². The largest absolute Gasteiger partial charge is 0.360 e. The summed E-state index contributed by atoms with van der Waals surface area (Å²) in [5.74, 6) is -0.111. The van der Waals surface area contributed by atoms with Crippen LogP contribution in [0.3, 0.4) is 0 Å². The lowest BCUT2D eigenvalue weighted by molar-refractivity contribution is -0.144. The molecule has 4 atom stereocenters. The van der Waals surface area contributed by atoms with E-state index in [1.807, 2.05) is 22.0 Å². The fraction of sp³-hybridized carbons (Fsp3) is 0.650. The topological polar surface area (TPSA) is 78.5 Å². The maximum atomic E-state index is 13.4. The van der Waals surface area contributed by atoms with Crippen molar-refractivity contribution in [3.05, 3.63) is 29.6 Å². The molecule has 144 valence electrons. The number of amides is 2. The Balaban J connectivity index is 1.37. The lowest BCUT2D eigenvalue weighted by Crippen LogP contribution is -2.47. The van der Waals surface area contributed by atoms with Gasteiger partial charge in [0.1, 0.15) is 5.60 Å². The van der Waals surface area contributed by atoms with E-state index in [4.69, 9.17) is 4.74 Å². The molecule has 4 aliphatic rings. The van der Waals surface area contributed by atoms with Gasteiger partial charge in [0.25, 0.3) is 0 Å². The van der Waals surface area contributed by atoms with E-state index in [0.717, 1.165) is 30.6 Å². The zero-order valence-corrected chi connectivity index (χ0v) is 15.9. The minimum Gasteiger partial charge on any atom is -0.360 e. The second-order valence-corrected chi connectivity index (χ2v) is 8.73. The van der Waals surface area contributed by atoms with Crippen molar-refractivity contribution in [2.45, 2.75) is 44.9 Å². The standard InChI is InChI=1S/C20H26N4O3/c1-12(2)4-7-24-11-20-6-3-15(27-20)16(17(20)19(24)26)18(25)23-8-5-14-13(10-23)9-21-22-14/h3,6,9,12,15-17H,4-5,7-8,10-11H2,1-2H3,(H,21,22)/t15-,16+,17-,20-/m0/s1. The van der Waals surface area contributed by atoms with Crippen LogP contribution in [0, 0.1) is 17.8 Å². The third kappa shape index (κ3) is 2.47. The van der Waals surface area contributed by atoms with Gasteiger partial charge in [-0.1, -0.05) is 26.0 Å². The van der Waals surface area contributed by atoms with Crippen LogP contribution >= 0.6 is 0 Å². The Morgan fingerprint density at radius 1 is 1.48 bits per heavy atom. The molecule has 2 saturated heterocycles. The average molecular weight is 370 g/mol. The van der Waals surface area contributed by atoms with Gasteiger partial charge in [-0.2, -0.15) is 5.10 Å². The van der Waals surface area contributed by atoms with E-state index in [1.165, 1.54) is 0 Å². The van der Waals surface area contributed by atoms with Crippen LogP contribution in [0.2, 0.25) is 0 Å². The molecule has 2 fully saturated rings. The van der Waals surface area contributed by atoms with Gasteiger partial charge in [0.2, 0.25) is 11.8 Å². The monoisotopic (exact) mass is 370 g/mol. The summed E-state index contributed by atoms with van der Waals surface area (Å²) in [5.41, 5.74) is 1.58. The number of aromatic nitrogens is 2. The maximum absolute atomic E-state index is 13.4. The first-order valence-electron chi connectivity index (χ1n) is 9.94. The van der Waals surface area contributed by atoms with Crippen LogP contribution < -0.4 is 0 Å². The molecule has 1 aromatic heterocycles. The van der Waals surface area contributed by atoms with Crippen molar-refractivity contribution in [1.29, 1.82) is 0 Å². The number of aromatic amines is 1. The maximum Gasteiger partial charge on any atom is 0.230 e. The summed E-state index contributed by atoms with van der Waals surface area (Å²) < 4.78 is 6.23. The number of likely N-dealkylation sites (tertiary alicyclic amines) is 1. The molecule has 5 rings (SSSR count). The van der Waals surface area contributed by atoms with E-state index >= 15 is 0 Å². The number of fused-ring (bicyclic) bond motifs is 2. The molecule has 1 spiro atoms. The van der Waals surface area contributed by atoms with Gasteiger partial charge in [0.05, 0.1) is 30.7 Å². The van der Waals surface area contributed by atoms with Gasteiger partial charge in [0.15, 0.2) is 0 Å². The molecule has 0 aromatic carbocycles. The van der Waals surface area contributed by atoms with Gasteiger partial charge in [-0.15, -0.1) is 0 Å². The van der Waals surface area contributed by atoms with Gasteiger partial charge in [-0.05, 0) is 12.3 Å². The van der Waals surface area contributed by atoms with Crippen molar-refractivity contribution < 1.29 is 14.3 Å². The van der Waals surface area contributed by atoms with Gasteiger partial charge < -0.3 is 14.5 Å². The van der Waals surface area contributed by atoms with Gasteiger partial charge in [0, 0.05) is 37.3 Å². The van der Waals surface area contributed by atoms with E-state index in [0.29, 0.717) is 25.6 Å². The highest BCUT2D eigenvalue weighted by molar-refractivity contribution is 5.93. The highest BCUT2D eigenvalue weighted by Gasteiger charge is 2.67. The van der Waals surface area contributed by atoms with E-state index in [9.17, 15) is 9.59 Å². The van der Waals surface area contributed by atoms with Crippen molar-refractivity contribution in [1.82, 2.24) is 20.0 Å². The molecule has 0 saturated carbocycles. The van der Waals surface area contributed by atoms with Crippen LogP contribution in [0.15, 0.2) is 18.3 Å². The molecule has 0 radical (unpaired) electrons. The number of H-pyrrole nitrogens is 1. The number of rotatable bonds is 4. The number of hydrogen-bond donors (Lipinski definition) is 1. The molecule has 1 N–H and O–H groups in total. The summed E-state index contributed by atoms with van der Waals surface area (Å²) in [4.78, 5) is 30.3. The SMILES string of the molecule is CC(C)CCN1C[C@]23C=C[C@H](O2)[C@@H](C(=O)N2CCc4[nH]ncc4C2)[C@H]3C1=O. The molecule has 7 nitrogen and oxygen atoms in total. The molecule has 27 heavy (non-hydrogen) atoms. The summed E-state index contributed by atoms with van der Waals surface area (Å²) in [6.07, 6.45) is 7.29. The first-order chi connectivity index (χ1) is 13.0. The molecule has 4 aliphatic heterocycles. The average Bonchev–Trinajstić information content (AvgIpc) is 3.39. The lowest BCUT2D eigenvalue weighted by Gasteiger charge is -2.32. The smallest absolute Gasteiger partial charge is 0.230 e. The number of hydrogen-bond acceptors (Lipinski definition) is 4. The first-order valence-corrected chi connectivity index (χ1v) is 9.94. The van der Waals surface area contributed by atoms with Crippen LogP contribution in [0.4, 0.5) is 0 Å². The lowest BCUT2D eigenvalue weighted by atomic mass is 9.76. The van der Waals surface area contributed by atoms with Crippen LogP contribution in [0.5, 0.6) is 0 Å². The van der Waals surface area contributed by atoms with Crippen LogP contribution in [0.25, 0.3) is 0 Å². The number of carbonyl (C=O) groups excluding carboxylic acids is 2. The molecule has 5 heterocycles. The summed E-state index contributed by atoms with van der Waals surface area (Å²) >= 11 is 0. The van der Waals surface area contributed by atoms with Gasteiger partial charge in [-0.3, -0.25) is 14.7 Å². The zero-order valence-electron chi connectivity index (χ0n) is 15.9. The van der Waals surface area contributed by atoms with E-state index < -0.39 is 11.5 Å². The quantitative estimate of drug-likeness (QED) is 0.806. The van der Waals surface area contributed by atoms with Gasteiger partial charge in [-0.25, -0.2) is 0 Å². The summed E-state index contributed by atoms with van der Waals surface area (Å²) in [6.45, 7) is 6.85. The van der Waals surface area contributed by atoms with Crippen molar-refractivity contribution in [2.75, 3.05) is 19.6 Å². The molecular formula is C20H26N4O3. The molecular weight excluding hydrogens is 344 g/mol. The normalized spacial score (nSPS) is 33.9. The Morgan fingerprint density at radius 3 is 3.15 bits per heavy atom. The highest BCUT2D eigenvalue weighted by atomic mass is 16.5. The van der Waals surface area contributed by atoms with E-state index in [-0.39, 0.29) is 23.8 Å². The highest BCUT2D eigenvalue weighted by Crippen LogP contribution is 2.52. The molecule has 2 amide bonds. The van der Waals surface area contributed by atoms with Crippen LogP contribution in [-0.4, -0.2) is 63.2 Å². The summed E-state index contributed by atoms with van der Waals surface area (Å²) in [6, 6.07) is 0. The number of nitrogens with zero attached hydrogens (tertiary/aromatic N) is 3. The van der Waals surface area contributed by atoms with Gasteiger partial charge >= 0.3 is 0 Å². The molecule has 1 aromatic rings. The number of carbonyl (C=O) groups is 2. The van der Waals surface area contributed by atoms with Crippen molar-refractivity contribution in [2.24, 2.45) is 17.8 Å². The summed E-state index contributed by atoms with van der Waals surface area (Å²) in [5, 5.41) is 7.08. The number of nitrogens with one attached hydrogen (secondary N) is 1. The molecule has 0 unspecified atom stereocenters. The second kappa shape index (κ2) is 5.92. The Bertz CT molecular complexity index is 816. The predicted octanol–water partition coefficient (Wildman–Crippen LogP) is 1.12. The Labute approximate surface area is 158 Å². The van der Waals surface area contributed by atoms with Crippen molar-refractivity contribution >= 4 is 11.8 Å². The van der Waals surface area contributed by atoms with E-state index in [2.05, 4.69) is 24.0 Å². The third-order valence-electron chi connectivity index (χ3n) is 6.55. The minimum absolute atomic E-state index is 0.0436. The van der Waals surface area contributed by atoms with Crippen molar-refractivity contribution in [3.63, 3.8) is 0 Å². The zero-order chi connectivity index (χ0) is 18.8. The molecule has 7 heteroatoms. The molecule has 0 aliphatic carbocycles. The van der Waals surface area contributed by atoms with Crippen molar-refractivity contribution in [3.8, 4) is 0 Å². The minimum atomic E-state index is -0.602. The Morgan fingerprint density at radius 2 is 2.33 bits per heavy atom. The number of ether oxygens (including phenoxy) is 1. The Hall–Kier alpha value is -2.15. The van der Waals surface area contributed by atoms with Crippen LogP contribution in [0.1, 0.15) is 31.5 Å². The molecule has 2 bridgehead atoms.